The van der Waals surface area contributed by atoms with Crippen LogP contribution in [0.3, 0.4) is 0 Å². The van der Waals surface area contributed by atoms with Gasteiger partial charge in [-0.05, 0) is 26.3 Å². The monoisotopic (exact) mass is 238 g/mol. The first kappa shape index (κ1) is 13.4. The van der Waals surface area contributed by atoms with Gasteiger partial charge in [-0.15, -0.1) is 0 Å². The quantitative estimate of drug-likeness (QED) is 0.789. The molecule has 94 valence electrons. The lowest BCUT2D eigenvalue weighted by molar-refractivity contribution is 0.0692. The maximum atomic E-state index is 12.1. The second kappa shape index (κ2) is 6.20. The maximum Gasteiger partial charge on any atom is 0.255 e. The first-order valence-corrected chi connectivity index (χ1v) is 5.67. The van der Waals surface area contributed by atoms with Gasteiger partial charge in [-0.25, -0.2) is 0 Å². The summed E-state index contributed by atoms with van der Waals surface area (Å²) in [7, 11) is 0. The number of H-pyrrole nitrogens is 1. The van der Waals surface area contributed by atoms with Gasteiger partial charge in [0.25, 0.3) is 5.91 Å². The second-order valence-corrected chi connectivity index (χ2v) is 4.11. The molecule has 1 aromatic heterocycles. The van der Waals surface area contributed by atoms with Gasteiger partial charge in [0.1, 0.15) is 0 Å². The molecule has 1 heterocycles. The van der Waals surface area contributed by atoms with E-state index in [0.717, 1.165) is 0 Å². The molecule has 0 unspecified atom stereocenters. The fourth-order valence-electron chi connectivity index (χ4n) is 1.54. The number of pyridine rings is 1. The van der Waals surface area contributed by atoms with Crippen LogP contribution in [-0.2, 0) is 0 Å². The third-order valence-corrected chi connectivity index (χ3v) is 2.47. The average Bonchev–Trinajstić information content (AvgIpc) is 2.29. The summed E-state index contributed by atoms with van der Waals surface area (Å²) >= 11 is 0. The summed E-state index contributed by atoms with van der Waals surface area (Å²) in [5, 5.41) is 8.80. The van der Waals surface area contributed by atoms with Gasteiger partial charge in [0, 0.05) is 31.5 Å². The van der Waals surface area contributed by atoms with Gasteiger partial charge in [0.15, 0.2) is 0 Å². The minimum absolute atomic E-state index is 0.0565. The Labute approximate surface area is 100 Å². The molecule has 17 heavy (non-hydrogen) atoms. The van der Waals surface area contributed by atoms with E-state index in [1.54, 1.807) is 4.90 Å². The van der Waals surface area contributed by atoms with E-state index in [1.807, 2.05) is 13.8 Å². The van der Waals surface area contributed by atoms with Crippen molar-refractivity contribution in [1.29, 1.82) is 0 Å². The van der Waals surface area contributed by atoms with Crippen molar-refractivity contribution in [3.05, 3.63) is 34.2 Å². The number of aliphatic hydroxyl groups excluding tert-OH is 1. The van der Waals surface area contributed by atoms with Gasteiger partial charge < -0.3 is 15.0 Å². The predicted octanol–water partition coefficient (Wildman–Crippen LogP) is 0.608. The Hall–Kier alpha value is -1.62. The molecule has 0 aromatic carbocycles. The highest BCUT2D eigenvalue weighted by Gasteiger charge is 2.18. The van der Waals surface area contributed by atoms with E-state index in [1.165, 1.54) is 18.3 Å². The normalized spacial score (nSPS) is 10.6. The molecule has 0 aliphatic heterocycles. The van der Waals surface area contributed by atoms with Crippen molar-refractivity contribution >= 4 is 5.91 Å². The molecule has 0 aliphatic rings. The van der Waals surface area contributed by atoms with Crippen LogP contribution in [0.5, 0.6) is 0 Å². The number of nitrogens with zero attached hydrogens (tertiary/aromatic N) is 1. The van der Waals surface area contributed by atoms with Crippen molar-refractivity contribution < 1.29 is 9.90 Å². The number of amides is 1. The Morgan fingerprint density at radius 3 is 2.65 bits per heavy atom. The fourth-order valence-corrected chi connectivity index (χ4v) is 1.54. The van der Waals surface area contributed by atoms with E-state index in [4.69, 9.17) is 5.11 Å². The lowest BCUT2D eigenvalue weighted by Gasteiger charge is -2.26. The molecule has 1 amide bonds. The van der Waals surface area contributed by atoms with Crippen molar-refractivity contribution in [2.24, 2.45) is 0 Å². The predicted molar refractivity (Wildman–Crippen MR) is 64.9 cm³/mol. The highest BCUT2D eigenvalue weighted by atomic mass is 16.3. The van der Waals surface area contributed by atoms with Crippen molar-refractivity contribution in [2.75, 3.05) is 13.2 Å². The van der Waals surface area contributed by atoms with E-state index < -0.39 is 0 Å². The first-order valence-electron chi connectivity index (χ1n) is 5.67. The van der Waals surface area contributed by atoms with E-state index >= 15 is 0 Å². The minimum Gasteiger partial charge on any atom is -0.396 e. The van der Waals surface area contributed by atoms with Crippen molar-refractivity contribution in [3.63, 3.8) is 0 Å². The number of aromatic amines is 1. The average molecular weight is 238 g/mol. The molecule has 0 spiro atoms. The number of carbonyl (C=O) groups is 1. The molecule has 0 saturated heterocycles. The third kappa shape index (κ3) is 3.71. The SMILES string of the molecule is CC(C)N(CCCO)C(=O)c1ccc(=O)[nH]c1. The van der Waals surface area contributed by atoms with Crippen LogP contribution in [0.4, 0.5) is 0 Å². The Bertz CT molecular complexity index is 406. The number of aliphatic hydroxyl groups is 1. The van der Waals surface area contributed by atoms with Crippen molar-refractivity contribution in [2.45, 2.75) is 26.3 Å². The molecule has 0 saturated carbocycles. The Morgan fingerprint density at radius 1 is 1.47 bits per heavy atom. The summed E-state index contributed by atoms with van der Waals surface area (Å²) in [4.78, 5) is 27.2. The smallest absolute Gasteiger partial charge is 0.255 e. The van der Waals surface area contributed by atoms with Crippen molar-refractivity contribution in [1.82, 2.24) is 9.88 Å². The lowest BCUT2D eigenvalue weighted by atomic mass is 10.2. The second-order valence-electron chi connectivity index (χ2n) is 4.11. The Kier molecular flexibility index (Phi) is 4.90. The largest absolute Gasteiger partial charge is 0.396 e. The van der Waals surface area contributed by atoms with Crippen LogP contribution in [0.25, 0.3) is 0 Å². The van der Waals surface area contributed by atoms with Crippen LogP contribution < -0.4 is 5.56 Å². The molecule has 1 aromatic rings. The number of nitrogens with one attached hydrogen (secondary N) is 1. The zero-order chi connectivity index (χ0) is 12.8. The highest BCUT2D eigenvalue weighted by molar-refractivity contribution is 5.94. The van der Waals surface area contributed by atoms with E-state index in [2.05, 4.69) is 4.98 Å². The molecule has 5 nitrogen and oxygen atoms in total. The van der Waals surface area contributed by atoms with Crippen LogP contribution in [0, 0.1) is 0 Å². The zero-order valence-electron chi connectivity index (χ0n) is 10.1. The van der Waals surface area contributed by atoms with Gasteiger partial charge in [-0.1, -0.05) is 0 Å². The highest BCUT2D eigenvalue weighted by Crippen LogP contribution is 2.07. The molecule has 0 bridgehead atoms. The number of hydrogen-bond donors (Lipinski definition) is 2. The van der Waals surface area contributed by atoms with Gasteiger partial charge in [0.05, 0.1) is 5.56 Å². The van der Waals surface area contributed by atoms with Gasteiger partial charge in [-0.2, -0.15) is 0 Å². The minimum atomic E-state index is -0.229. The number of rotatable bonds is 5. The molecular formula is C12H18N2O3. The molecule has 2 N–H and O–H groups in total. The Morgan fingerprint density at radius 2 is 2.18 bits per heavy atom. The van der Waals surface area contributed by atoms with Crippen LogP contribution in [0.1, 0.15) is 30.6 Å². The van der Waals surface area contributed by atoms with Crippen LogP contribution >= 0.6 is 0 Å². The number of aromatic nitrogens is 1. The van der Waals surface area contributed by atoms with Crippen LogP contribution in [-0.4, -0.2) is 40.1 Å². The van der Waals surface area contributed by atoms with E-state index in [-0.39, 0.29) is 24.1 Å². The third-order valence-electron chi connectivity index (χ3n) is 2.47. The molecular weight excluding hydrogens is 220 g/mol. The van der Waals surface area contributed by atoms with Crippen molar-refractivity contribution in [3.8, 4) is 0 Å². The van der Waals surface area contributed by atoms with Crippen LogP contribution in [0.15, 0.2) is 23.1 Å². The lowest BCUT2D eigenvalue weighted by Crippen LogP contribution is -2.38. The van der Waals surface area contributed by atoms with Gasteiger partial charge >= 0.3 is 0 Å². The maximum absolute atomic E-state index is 12.1. The topological polar surface area (TPSA) is 73.4 Å². The van der Waals surface area contributed by atoms with Gasteiger partial charge in [-0.3, -0.25) is 9.59 Å². The molecule has 0 aliphatic carbocycles. The summed E-state index contributed by atoms with van der Waals surface area (Å²) in [5.41, 5.74) is 0.226. The first-order chi connectivity index (χ1) is 8.06. The van der Waals surface area contributed by atoms with Crippen LogP contribution in [0.2, 0.25) is 0 Å². The standard InChI is InChI=1S/C12H18N2O3/c1-9(2)14(6-3-7-15)12(17)10-4-5-11(16)13-8-10/h4-5,8-9,15H,3,6-7H2,1-2H3,(H,13,16). The molecule has 0 atom stereocenters. The Balaban J connectivity index is 2.83. The fraction of sp³-hybridized carbons (Fsp3) is 0.500. The summed E-state index contributed by atoms with van der Waals surface area (Å²) in [6.45, 7) is 4.40. The number of carbonyl (C=O) groups excluding carboxylic acids is 1. The summed E-state index contributed by atoms with van der Waals surface area (Å²) in [6, 6.07) is 2.90. The molecule has 0 fully saturated rings. The molecule has 5 heteroatoms. The van der Waals surface area contributed by atoms with E-state index in [0.29, 0.717) is 18.5 Å². The summed E-state index contributed by atoms with van der Waals surface area (Å²) < 4.78 is 0. The molecule has 0 radical (unpaired) electrons. The van der Waals surface area contributed by atoms with E-state index in [9.17, 15) is 9.59 Å². The number of hydrogen-bond acceptors (Lipinski definition) is 3. The zero-order valence-corrected chi connectivity index (χ0v) is 10.1. The molecule has 1 rings (SSSR count). The van der Waals surface area contributed by atoms with Gasteiger partial charge in [0.2, 0.25) is 5.56 Å². The summed E-state index contributed by atoms with van der Waals surface area (Å²) in [5.74, 6) is -0.135. The summed E-state index contributed by atoms with van der Waals surface area (Å²) in [6.07, 6.45) is 1.96.